The molecule has 2 aromatic rings. The molecule has 1 saturated heterocycles. The molecule has 140 valence electrons. The van der Waals surface area contributed by atoms with Gasteiger partial charge >= 0.3 is 0 Å². The number of benzene rings is 2. The molecule has 0 unspecified atom stereocenters. The number of anilines is 1. The van der Waals surface area contributed by atoms with Gasteiger partial charge in [-0.05, 0) is 49.2 Å². The Morgan fingerprint density at radius 3 is 2.44 bits per heavy atom. The van der Waals surface area contributed by atoms with Crippen LogP contribution in [0.4, 0.5) is 5.69 Å². The zero-order valence-electron chi connectivity index (χ0n) is 14.4. The number of amidine groups is 1. The molecule has 0 radical (unpaired) electrons. The van der Waals surface area contributed by atoms with E-state index in [0.29, 0.717) is 48.0 Å². The maximum Gasteiger partial charge on any atom is 0.285 e. The standard InChI is InChI=1S/C19H18ClN3O3S/c20-14-5-7-15(8-6-14)21-19(24)13-9-11-23(12-10-13)18-16-3-1-2-4-17(16)27(25,26)22-18/h1-8,13H,9-12H2,(H,21,24). The number of hydrogen-bond acceptors (Lipinski definition) is 4. The van der Waals surface area contributed by atoms with E-state index in [0.717, 1.165) is 0 Å². The van der Waals surface area contributed by atoms with Crippen molar-refractivity contribution in [2.24, 2.45) is 10.3 Å². The van der Waals surface area contributed by atoms with Crippen LogP contribution in [0.2, 0.25) is 5.02 Å². The molecule has 8 heteroatoms. The van der Waals surface area contributed by atoms with E-state index in [9.17, 15) is 13.2 Å². The summed E-state index contributed by atoms with van der Waals surface area (Å²) in [6, 6.07) is 13.9. The Morgan fingerprint density at radius 1 is 1.07 bits per heavy atom. The second-order valence-electron chi connectivity index (χ2n) is 6.64. The Morgan fingerprint density at radius 2 is 1.74 bits per heavy atom. The third-order valence-electron chi connectivity index (χ3n) is 4.89. The highest BCUT2D eigenvalue weighted by Crippen LogP contribution is 2.30. The number of nitrogens with one attached hydrogen (secondary N) is 1. The Hall–Kier alpha value is -2.38. The van der Waals surface area contributed by atoms with Crippen LogP contribution in [0.1, 0.15) is 18.4 Å². The van der Waals surface area contributed by atoms with Crippen molar-refractivity contribution < 1.29 is 13.2 Å². The molecule has 2 aliphatic rings. The molecule has 0 bridgehead atoms. The minimum atomic E-state index is -3.62. The summed E-state index contributed by atoms with van der Waals surface area (Å²) in [5.41, 5.74) is 1.36. The van der Waals surface area contributed by atoms with Gasteiger partial charge in [0.05, 0.1) is 0 Å². The van der Waals surface area contributed by atoms with Gasteiger partial charge in [0.25, 0.3) is 10.0 Å². The zero-order valence-corrected chi connectivity index (χ0v) is 16.0. The highest BCUT2D eigenvalue weighted by atomic mass is 35.5. The summed E-state index contributed by atoms with van der Waals surface area (Å²) in [6.45, 7) is 1.17. The van der Waals surface area contributed by atoms with Crippen LogP contribution in [-0.2, 0) is 14.8 Å². The summed E-state index contributed by atoms with van der Waals surface area (Å²) in [7, 11) is -3.62. The maximum absolute atomic E-state index is 12.5. The number of sulfonamides is 1. The molecule has 1 fully saturated rings. The van der Waals surface area contributed by atoms with Gasteiger partial charge in [-0.2, -0.15) is 8.42 Å². The quantitative estimate of drug-likeness (QED) is 0.835. The average Bonchev–Trinajstić information content (AvgIpc) is 2.95. The van der Waals surface area contributed by atoms with Crippen molar-refractivity contribution in [1.82, 2.24) is 4.90 Å². The first-order valence-corrected chi connectivity index (χ1v) is 10.5. The smallest absolute Gasteiger partial charge is 0.285 e. The van der Waals surface area contributed by atoms with E-state index in [1.54, 1.807) is 42.5 Å². The fourth-order valence-corrected chi connectivity index (χ4v) is 4.80. The second-order valence-corrected chi connectivity index (χ2v) is 8.65. The number of carbonyl (C=O) groups is 1. The van der Waals surface area contributed by atoms with Crippen LogP contribution < -0.4 is 5.32 Å². The first-order valence-electron chi connectivity index (χ1n) is 8.70. The maximum atomic E-state index is 12.5. The second kappa shape index (κ2) is 6.98. The number of hydrogen-bond donors (Lipinski definition) is 1. The fraction of sp³-hybridized carbons (Fsp3) is 0.263. The van der Waals surface area contributed by atoms with Crippen molar-refractivity contribution in [3.63, 3.8) is 0 Å². The number of rotatable bonds is 2. The van der Waals surface area contributed by atoms with Crippen LogP contribution in [0, 0.1) is 5.92 Å². The lowest BCUT2D eigenvalue weighted by Gasteiger charge is -2.32. The predicted octanol–water partition coefficient (Wildman–Crippen LogP) is 3.14. The van der Waals surface area contributed by atoms with Crippen LogP contribution in [0.3, 0.4) is 0 Å². The number of carbonyl (C=O) groups excluding carboxylic acids is 1. The number of fused-ring (bicyclic) bond motifs is 1. The van der Waals surface area contributed by atoms with Gasteiger partial charge in [-0.15, -0.1) is 4.40 Å². The van der Waals surface area contributed by atoms with Crippen molar-refractivity contribution in [2.75, 3.05) is 18.4 Å². The van der Waals surface area contributed by atoms with E-state index in [-0.39, 0.29) is 16.7 Å². The molecule has 1 amide bonds. The highest BCUT2D eigenvalue weighted by Gasteiger charge is 2.34. The van der Waals surface area contributed by atoms with Gasteiger partial charge in [0.2, 0.25) is 5.91 Å². The van der Waals surface area contributed by atoms with Crippen LogP contribution in [0.5, 0.6) is 0 Å². The molecule has 6 nitrogen and oxygen atoms in total. The molecule has 0 atom stereocenters. The third-order valence-corrected chi connectivity index (χ3v) is 6.47. The molecule has 4 rings (SSSR count). The summed E-state index contributed by atoms with van der Waals surface area (Å²) in [5, 5.41) is 3.53. The topological polar surface area (TPSA) is 78.8 Å². The van der Waals surface area contributed by atoms with Crippen LogP contribution in [-0.4, -0.2) is 38.2 Å². The van der Waals surface area contributed by atoms with Crippen LogP contribution >= 0.6 is 11.6 Å². The van der Waals surface area contributed by atoms with Gasteiger partial charge in [-0.25, -0.2) is 0 Å². The number of nitrogens with zero attached hydrogens (tertiary/aromatic N) is 2. The molecule has 0 aromatic heterocycles. The van der Waals surface area contributed by atoms with E-state index >= 15 is 0 Å². The van der Waals surface area contributed by atoms with Crippen molar-refractivity contribution in [3.8, 4) is 0 Å². The fourth-order valence-electron chi connectivity index (χ4n) is 3.45. The minimum absolute atomic E-state index is 0.0293. The molecule has 2 aliphatic heterocycles. The number of likely N-dealkylation sites (tertiary alicyclic amines) is 1. The van der Waals surface area contributed by atoms with E-state index in [4.69, 9.17) is 11.6 Å². The minimum Gasteiger partial charge on any atom is -0.355 e. The van der Waals surface area contributed by atoms with Gasteiger partial charge < -0.3 is 10.2 Å². The summed E-state index contributed by atoms with van der Waals surface area (Å²) < 4.78 is 28.4. The summed E-state index contributed by atoms with van der Waals surface area (Å²) in [4.78, 5) is 14.7. The molecular weight excluding hydrogens is 386 g/mol. The molecule has 2 heterocycles. The third kappa shape index (κ3) is 3.57. The molecule has 2 aromatic carbocycles. The van der Waals surface area contributed by atoms with Crippen molar-refractivity contribution in [3.05, 3.63) is 59.1 Å². The van der Waals surface area contributed by atoms with E-state index < -0.39 is 10.0 Å². The Labute approximate surface area is 162 Å². The normalized spacial score (nSPS) is 18.7. The first kappa shape index (κ1) is 18.0. The van der Waals surface area contributed by atoms with Gasteiger partial charge in [0, 0.05) is 35.3 Å². The van der Waals surface area contributed by atoms with E-state index in [2.05, 4.69) is 9.71 Å². The monoisotopic (exact) mass is 403 g/mol. The first-order chi connectivity index (χ1) is 12.9. The highest BCUT2D eigenvalue weighted by molar-refractivity contribution is 7.90. The summed E-state index contributed by atoms with van der Waals surface area (Å²) in [6.07, 6.45) is 1.28. The molecular formula is C19H18ClN3O3S. The molecule has 0 aliphatic carbocycles. The largest absolute Gasteiger partial charge is 0.355 e. The summed E-state index contributed by atoms with van der Waals surface area (Å²) in [5.74, 6) is 0.339. The van der Waals surface area contributed by atoms with Gasteiger partial charge in [-0.1, -0.05) is 23.7 Å². The van der Waals surface area contributed by atoms with Crippen LogP contribution in [0.15, 0.2) is 57.8 Å². The number of halogens is 1. The molecule has 0 spiro atoms. The average molecular weight is 404 g/mol. The predicted molar refractivity (Wildman–Crippen MR) is 105 cm³/mol. The van der Waals surface area contributed by atoms with Gasteiger partial charge in [0.1, 0.15) is 4.90 Å². The lowest BCUT2D eigenvalue weighted by Crippen LogP contribution is -2.41. The molecule has 0 saturated carbocycles. The van der Waals surface area contributed by atoms with Crippen molar-refractivity contribution in [2.45, 2.75) is 17.7 Å². The van der Waals surface area contributed by atoms with Gasteiger partial charge in [0.15, 0.2) is 5.84 Å². The Balaban J connectivity index is 1.42. The summed E-state index contributed by atoms with van der Waals surface area (Å²) >= 11 is 5.86. The van der Waals surface area contributed by atoms with E-state index in [1.165, 1.54) is 0 Å². The van der Waals surface area contributed by atoms with E-state index in [1.807, 2.05) is 11.0 Å². The van der Waals surface area contributed by atoms with Crippen LogP contribution in [0.25, 0.3) is 0 Å². The molecule has 1 N–H and O–H groups in total. The van der Waals surface area contributed by atoms with Crippen molar-refractivity contribution in [1.29, 1.82) is 0 Å². The Bertz CT molecular complexity index is 1010. The Kier molecular flexibility index (Phi) is 4.65. The zero-order chi connectivity index (χ0) is 19.0. The van der Waals surface area contributed by atoms with Gasteiger partial charge in [-0.3, -0.25) is 4.79 Å². The lowest BCUT2D eigenvalue weighted by molar-refractivity contribution is -0.120. The lowest BCUT2D eigenvalue weighted by atomic mass is 9.95. The molecule has 27 heavy (non-hydrogen) atoms. The van der Waals surface area contributed by atoms with Crippen molar-refractivity contribution >= 4 is 39.1 Å². The SMILES string of the molecule is O=C(Nc1ccc(Cl)cc1)C1CCN(C2=NS(=O)(=O)c3ccccc32)CC1. The number of piperidine rings is 1. The number of amides is 1.